The molecule has 7 nitrogen and oxygen atoms in total. The molecule has 1 aromatic carbocycles. The molecule has 1 saturated carbocycles. The average Bonchev–Trinajstić information content (AvgIpc) is 3.15. The molecule has 19 heavy (non-hydrogen) atoms. The molecule has 1 aliphatic carbocycles. The lowest BCUT2D eigenvalue weighted by Crippen LogP contribution is -2.34. The Morgan fingerprint density at radius 2 is 2.00 bits per heavy atom. The summed E-state index contributed by atoms with van der Waals surface area (Å²) in [6.45, 7) is -0.0951. The summed E-state index contributed by atoms with van der Waals surface area (Å²) in [5.74, 6) is -0.204. The van der Waals surface area contributed by atoms with Crippen molar-refractivity contribution in [3.63, 3.8) is 0 Å². The van der Waals surface area contributed by atoms with Gasteiger partial charge in [-0.2, -0.15) is 9.36 Å². The third kappa shape index (κ3) is 2.54. The van der Waals surface area contributed by atoms with E-state index in [1.165, 1.54) is 4.68 Å². The number of hydrogen-bond donors (Lipinski definition) is 1. The highest BCUT2D eigenvalue weighted by Crippen LogP contribution is 2.18. The number of benzene rings is 1. The van der Waals surface area contributed by atoms with Crippen LogP contribution in [0.1, 0.15) is 12.8 Å². The third-order valence-corrected chi connectivity index (χ3v) is 2.88. The van der Waals surface area contributed by atoms with Crippen LogP contribution in [-0.4, -0.2) is 31.7 Å². The van der Waals surface area contributed by atoms with E-state index in [1.807, 2.05) is 6.07 Å². The number of rotatable bonds is 4. The van der Waals surface area contributed by atoms with Crippen molar-refractivity contribution in [2.24, 2.45) is 0 Å². The minimum Gasteiger partial charge on any atom is -0.352 e. The van der Waals surface area contributed by atoms with Crippen molar-refractivity contribution in [3.05, 3.63) is 40.8 Å². The minimum atomic E-state index is -0.419. The Hall–Kier alpha value is -2.44. The van der Waals surface area contributed by atoms with Gasteiger partial charge in [0.05, 0.1) is 5.69 Å². The van der Waals surface area contributed by atoms with Crippen molar-refractivity contribution in [1.29, 1.82) is 0 Å². The van der Waals surface area contributed by atoms with Crippen molar-refractivity contribution >= 4 is 5.91 Å². The summed E-state index contributed by atoms with van der Waals surface area (Å²) in [5.41, 5.74) is 0.207. The van der Waals surface area contributed by atoms with Crippen LogP contribution < -0.4 is 11.0 Å². The number of carbonyl (C=O) groups excluding carboxylic acids is 1. The van der Waals surface area contributed by atoms with Crippen LogP contribution >= 0.6 is 0 Å². The van der Waals surface area contributed by atoms with Gasteiger partial charge < -0.3 is 5.32 Å². The van der Waals surface area contributed by atoms with Gasteiger partial charge in [-0.25, -0.2) is 4.79 Å². The smallest absolute Gasteiger partial charge is 0.352 e. The van der Waals surface area contributed by atoms with E-state index in [2.05, 4.69) is 15.7 Å². The first-order valence-corrected chi connectivity index (χ1v) is 6.11. The zero-order chi connectivity index (χ0) is 13.2. The molecule has 7 heteroatoms. The molecule has 3 rings (SSSR count). The van der Waals surface area contributed by atoms with Crippen LogP contribution in [0.5, 0.6) is 0 Å². The molecule has 0 spiro atoms. The van der Waals surface area contributed by atoms with Crippen molar-refractivity contribution in [3.8, 4) is 5.69 Å². The van der Waals surface area contributed by atoms with E-state index >= 15 is 0 Å². The number of carbonyl (C=O) groups is 1. The van der Waals surface area contributed by atoms with E-state index in [0.717, 1.165) is 17.5 Å². The van der Waals surface area contributed by atoms with Crippen LogP contribution in [0, 0.1) is 0 Å². The summed E-state index contributed by atoms with van der Waals surface area (Å²) >= 11 is 0. The average molecular weight is 259 g/mol. The predicted molar refractivity (Wildman–Crippen MR) is 66.8 cm³/mol. The first-order valence-electron chi connectivity index (χ1n) is 6.11. The van der Waals surface area contributed by atoms with Crippen LogP contribution in [0.15, 0.2) is 35.1 Å². The molecule has 1 fully saturated rings. The lowest BCUT2D eigenvalue weighted by molar-refractivity contribution is -0.122. The van der Waals surface area contributed by atoms with E-state index in [1.54, 1.807) is 24.3 Å². The summed E-state index contributed by atoms with van der Waals surface area (Å²) in [7, 11) is 0. The van der Waals surface area contributed by atoms with Gasteiger partial charge in [0.25, 0.3) is 0 Å². The Morgan fingerprint density at radius 1 is 1.26 bits per heavy atom. The highest BCUT2D eigenvalue weighted by atomic mass is 16.2. The third-order valence-electron chi connectivity index (χ3n) is 2.88. The number of tetrazole rings is 1. The molecule has 1 N–H and O–H groups in total. The Kier molecular flexibility index (Phi) is 2.86. The maximum Gasteiger partial charge on any atom is 0.368 e. The zero-order valence-electron chi connectivity index (χ0n) is 10.2. The lowest BCUT2D eigenvalue weighted by atomic mass is 10.3. The van der Waals surface area contributed by atoms with E-state index < -0.39 is 5.69 Å². The fourth-order valence-corrected chi connectivity index (χ4v) is 1.74. The maximum absolute atomic E-state index is 12.0. The van der Waals surface area contributed by atoms with Crippen LogP contribution in [0.25, 0.3) is 5.69 Å². The summed E-state index contributed by atoms with van der Waals surface area (Å²) in [6, 6.07) is 9.24. The van der Waals surface area contributed by atoms with Gasteiger partial charge in [0.1, 0.15) is 6.54 Å². The van der Waals surface area contributed by atoms with Gasteiger partial charge >= 0.3 is 5.69 Å². The second kappa shape index (κ2) is 4.68. The van der Waals surface area contributed by atoms with E-state index in [9.17, 15) is 9.59 Å². The van der Waals surface area contributed by atoms with Crippen LogP contribution in [0.4, 0.5) is 0 Å². The van der Waals surface area contributed by atoms with Gasteiger partial charge in [-0.1, -0.05) is 18.2 Å². The second-order valence-corrected chi connectivity index (χ2v) is 4.51. The van der Waals surface area contributed by atoms with Gasteiger partial charge in [-0.3, -0.25) is 4.79 Å². The Labute approximate surface area is 108 Å². The summed E-state index contributed by atoms with van der Waals surface area (Å²) in [4.78, 5) is 23.6. The molecule has 2 aromatic rings. The Morgan fingerprint density at radius 3 is 2.68 bits per heavy atom. The topological polar surface area (TPSA) is 81.8 Å². The van der Waals surface area contributed by atoms with Crippen molar-refractivity contribution in [1.82, 2.24) is 25.1 Å². The van der Waals surface area contributed by atoms with Crippen LogP contribution in [0.3, 0.4) is 0 Å². The van der Waals surface area contributed by atoms with Crippen LogP contribution in [0.2, 0.25) is 0 Å². The fraction of sp³-hybridized carbons (Fsp3) is 0.333. The SMILES string of the molecule is O=C(Cn1nnn(-c2ccccc2)c1=O)NC1CC1. The molecule has 1 aromatic heterocycles. The summed E-state index contributed by atoms with van der Waals surface area (Å²) in [5, 5.41) is 10.3. The predicted octanol–water partition coefficient (Wildman–Crippen LogP) is -0.292. The van der Waals surface area contributed by atoms with Crippen LogP contribution in [-0.2, 0) is 11.3 Å². The van der Waals surface area contributed by atoms with Crippen molar-refractivity contribution in [2.75, 3.05) is 0 Å². The minimum absolute atomic E-state index is 0.0951. The lowest BCUT2D eigenvalue weighted by Gasteiger charge is -2.01. The van der Waals surface area contributed by atoms with Gasteiger partial charge in [0, 0.05) is 6.04 Å². The highest BCUT2D eigenvalue weighted by molar-refractivity contribution is 5.76. The zero-order valence-corrected chi connectivity index (χ0v) is 10.2. The van der Waals surface area contributed by atoms with E-state index in [4.69, 9.17) is 0 Å². The maximum atomic E-state index is 12.0. The first kappa shape index (κ1) is 11.6. The van der Waals surface area contributed by atoms with Gasteiger partial charge in [0.2, 0.25) is 5.91 Å². The molecular weight excluding hydrogens is 246 g/mol. The standard InChI is InChI=1S/C12H13N5O2/c18-11(13-9-6-7-9)8-16-12(19)17(15-14-16)10-4-2-1-3-5-10/h1-5,9H,6-8H2,(H,13,18). The quantitative estimate of drug-likeness (QED) is 0.817. The van der Waals surface area contributed by atoms with E-state index in [0.29, 0.717) is 5.69 Å². The van der Waals surface area contributed by atoms with E-state index in [-0.39, 0.29) is 18.5 Å². The number of nitrogens with zero attached hydrogens (tertiary/aromatic N) is 4. The number of aromatic nitrogens is 4. The molecule has 1 amide bonds. The Balaban J connectivity index is 1.79. The normalized spacial score (nSPS) is 14.3. The largest absolute Gasteiger partial charge is 0.368 e. The van der Waals surface area contributed by atoms with Gasteiger partial charge in [-0.15, -0.1) is 0 Å². The Bertz CT molecular complexity index is 642. The van der Waals surface area contributed by atoms with Crippen molar-refractivity contribution < 1.29 is 4.79 Å². The van der Waals surface area contributed by atoms with Crippen molar-refractivity contribution in [2.45, 2.75) is 25.4 Å². The first-order chi connectivity index (χ1) is 9.24. The molecule has 0 radical (unpaired) electrons. The molecule has 1 heterocycles. The highest BCUT2D eigenvalue weighted by Gasteiger charge is 2.23. The molecule has 0 atom stereocenters. The number of amides is 1. The molecule has 0 aliphatic heterocycles. The van der Waals surface area contributed by atoms with Gasteiger partial charge in [0.15, 0.2) is 0 Å². The summed E-state index contributed by atoms with van der Waals surface area (Å²) in [6.07, 6.45) is 2.02. The number of hydrogen-bond acceptors (Lipinski definition) is 4. The fourth-order valence-electron chi connectivity index (χ4n) is 1.74. The molecule has 0 saturated heterocycles. The molecule has 0 unspecified atom stereocenters. The van der Waals surface area contributed by atoms with Gasteiger partial charge in [-0.05, 0) is 35.4 Å². The number of para-hydroxylation sites is 1. The summed E-state index contributed by atoms with van der Waals surface area (Å²) < 4.78 is 2.23. The molecule has 1 aliphatic rings. The second-order valence-electron chi connectivity index (χ2n) is 4.51. The molecule has 0 bridgehead atoms. The molecular formula is C12H13N5O2. The monoisotopic (exact) mass is 259 g/mol. The molecule has 98 valence electrons. The number of nitrogens with one attached hydrogen (secondary N) is 1.